The van der Waals surface area contributed by atoms with Crippen LogP contribution in [0.2, 0.25) is 0 Å². The summed E-state index contributed by atoms with van der Waals surface area (Å²) in [6, 6.07) is -0.233. The highest BCUT2D eigenvalue weighted by atomic mass is 32.2. The van der Waals surface area contributed by atoms with Gasteiger partial charge in [-0.25, -0.2) is 8.42 Å². The van der Waals surface area contributed by atoms with Crippen LogP contribution in [0.15, 0.2) is 4.52 Å². The third kappa shape index (κ3) is 4.30. The van der Waals surface area contributed by atoms with Crippen molar-refractivity contribution >= 4 is 15.7 Å². The predicted octanol–water partition coefficient (Wildman–Crippen LogP) is 0.00402. The molecule has 0 aliphatic carbocycles. The van der Waals surface area contributed by atoms with Crippen LogP contribution in [0.5, 0.6) is 0 Å². The second-order valence-corrected chi connectivity index (χ2v) is 6.99. The van der Waals surface area contributed by atoms with E-state index in [0.717, 1.165) is 0 Å². The SMILES string of the molecule is Cc1noc(CCCC(=O)NC2CCS(=O)(=O)C2)n1. The quantitative estimate of drug-likeness (QED) is 0.818. The van der Waals surface area contributed by atoms with Gasteiger partial charge in [-0.15, -0.1) is 0 Å². The van der Waals surface area contributed by atoms with Crippen LogP contribution in [0, 0.1) is 6.92 Å². The highest BCUT2D eigenvalue weighted by Gasteiger charge is 2.28. The van der Waals surface area contributed by atoms with Gasteiger partial charge in [-0.1, -0.05) is 5.16 Å². The van der Waals surface area contributed by atoms with Gasteiger partial charge in [-0.2, -0.15) is 4.98 Å². The number of hydrogen-bond donors (Lipinski definition) is 1. The number of nitrogens with zero attached hydrogens (tertiary/aromatic N) is 2. The van der Waals surface area contributed by atoms with Crippen molar-refractivity contribution in [3.63, 3.8) is 0 Å². The number of rotatable bonds is 5. The minimum atomic E-state index is -2.95. The van der Waals surface area contributed by atoms with Gasteiger partial charge in [0.2, 0.25) is 11.8 Å². The summed E-state index contributed by atoms with van der Waals surface area (Å²) in [5.41, 5.74) is 0. The van der Waals surface area contributed by atoms with Crippen LogP contribution in [0.1, 0.15) is 31.0 Å². The minimum Gasteiger partial charge on any atom is -0.352 e. The molecule has 0 spiro atoms. The van der Waals surface area contributed by atoms with Crippen molar-refractivity contribution in [2.45, 2.75) is 38.6 Å². The summed E-state index contributed by atoms with van der Waals surface area (Å²) in [5.74, 6) is 1.20. The van der Waals surface area contributed by atoms with E-state index < -0.39 is 9.84 Å². The highest BCUT2D eigenvalue weighted by molar-refractivity contribution is 7.91. The summed E-state index contributed by atoms with van der Waals surface area (Å²) in [6.07, 6.45) is 2.00. The van der Waals surface area contributed by atoms with Gasteiger partial charge in [0.1, 0.15) is 0 Å². The molecule has 1 aromatic rings. The van der Waals surface area contributed by atoms with Crippen molar-refractivity contribution in [3.05, 3.63) is 11.7 Å². The van der Waals surface area contributed by atoms with Crippen molar-refractivity contribution in [1.29, 1.82) is 0 Å². The molecule has 1 aliphatic rings. The van der Waals surface area contributed by atoms with E-state index in [9.17, 15) is 13.2 Å². The Morgan fingerprint density at radius 3 is 2.89 bits per heavy atom. The maximum absolute atomic E-state index is 11.6. The van der Waals surface area contributed by atoms with Crippen LogP contribution >= 0.6 is 0 Å². The Morgan fingerprint density at radius 2 is 2.32 bits per heavy atom. The molecule has 1 aromatic heterocycles. The first-order valence-corrected chi connectivity index (χ1v) is 8.06. The Balaban J connectivity index is 1.68. The van der Waals surface area contributed by atoms with Gasteiger partial charge in [0, 0.05) is 18.9 Å². The number of aromatic nitrogens is 2. The largest absolute Gasteiger partial charge is 0.352 e. The zero-order chi connectivity index (χ0) is 13.9. The van der Waals surface area contributed by atoms with Crippen LogP contribution in [0.25, 0.3) is 0 Å². The van der Waals surface area contributed by atoms with Crippen LogP contribution in [0.3, 0.4) is 0 Å². The summed E-state index contributed by atoms with van der Waals surface area (Å²) in [6.45, 7) is 1.74. The maximum Gasteiger partial charge on any atom is 0.226 e. The molecule has 1 unspecified atom stereocenters. The van der Waals surface area contributed by atoms with E-state index in [4.69, 9.17) is 4.52 Å². The van der Waals surface area contributed by atoms with E-state index in [1.807, 2.05) is 0 Å². The fourth-order valence-corrected chi connectivity index (χ4v) is 3.72. The molecule has 0 bridgehead atoms. The lowest BCUT2D eigenvalue weighted by atomic mass is 10.2. The van der Waals surface area contributed by atoms with Gasteiger partial charge >= 0.3 is 0 Å². The number of nitrogens with one attached hydrogen (secondary N) is 1. The monoisotopic (exact) mass is 287 g/mol. The molecule has 1 atom stereocenters. The molecule has 1 fully saturated rings. The molecule has 2 heterocycles. The van der Waals surface area contributed by atoms with Crippen molar-refractivity contribution < 1.29 is 17.7 Å². The average molecular weight is 287 g/mol. The fraction of sp³-hybridized carbons (Fsp3) is 0.727. The van der Waals surface area contributed by atoms with E-state index in [0.29, 0.717) is 37.4 Å². The van der Waals surface area contributed by atoms with Gasteiger partial charge in [-0.3, -0.25) is 4.79 Å². The predicted molar refractivity (Wildman–Crippen MR) is 67.2 cm³/mol. The van der Waals surface area contributed by atoms with Crippen molar-refractivity contribution in [3.8, 4) is 0 Å². The second kappa shape index (κ2) is 5.68. The minimum absolute atomic E-state index is 0.0571. The summed E-state index contributed by atoms with van der Waals surface area (Å²) >= 11 is 0. The number of hydrogen-bond acceptors (Lipinski definition) is 6. The molecule has 2 rings (SSSR count). The zero-order valence-corrected chi connectivity index (χ0v) is 11.6. The van der Waals surface area contributed by atoms with E-state index in [2.05, 4.69) is 15.5 Å². The van der Waals surface area contributed by atoms with E-state index >= 15 is 0 Å². The molecule has 19 heavy (non-hydrogen) atoms. The Labute approximate surface area is 111 Å². The molecule has 8 heteroatoms. The first-order chi connectivity index (χ1) is 8.94. The third-order valence-electron chi connectivity index (χ3n) is 2.96. The summed E-state index contributed by atoms with van der Waals surface area (Å²) in [7, 11) is -2.95. The molecule has 1 N–H and O–H groups in total. The number of carbonyl (C=O) groups is 1. The van der Waals surface area contributed by atoms with Crippen molar-refractivity contribution in [1.82, 2.24) is 15.5 Å². The van der Waals surface area contributed by atoms with E-state index in [1.54, 1.807) is 6.92 Å². The second-order valence-electron chi connectivity index (χ2n) is 4.76. The maximum atomic E-state index is 11.6. The first-order valence-electron chi connectivity index (χ1n) is 6.23. The number of amides is 1. The van der Waals surface area contributed by atoms with Crippen molar-refractivity contribution in [2.24, 2.45) is 0 Å². The Kier molecular flexibility index (Phi) is 4.18. The Bertz CT molecular complexity index is 552. The lowest BCUT2D eigenvalue weighted by Crippen LogP contribution is -2.35. The van der Waals surface area contributed by atoms with Gasteiger partial charge in [0.05, 0.1) is 11.5 Å². The molecular weight excluding hydrogens is 270 g/mol. The Hall–Kier alpha value is -1.44. The van der Waals surface area contributed by atoms with Crippen molar-refractivity contribution in [2.75, 3.05) is 11.5 Å². The summed E-state index contributed by atoms with van der Waals surface area (Å²) in [4.78, 5) is 15.7. The molecule has 0 aromatic carbocycles. The van der Waals surface area contributed by atoms with Crippen LogP contribution < -0.4 is 5.32 Å². The lowest BCUT2D eigenvalue weighted by Gasteiger charge is -2.09. The van der Waals surface area contributed by atoms with Gasteiger partial charge < -0.3 is 9.84 Å². The van der Waals surface area contributed by atoms with Crippen LogP contribution in [-0.2, 0) is 21.1 Å². The summed E-state index contributed by atoms with van der Waals surface area (Å²) in [5, 5.41) is 6.40. The fourth-order valence-electron chi connectivity index (χ4n) is 2.05. The smallest absolute Gasteiger partial charge is 0.226 e. The topological polar surface area (TPSA) is 102 Å². The van der Waals surface area contributed by atoms with Gasteiger partial charge in [-0.05, 0) is 19.8 Å². The van der Waals surface area contributed by atoms with Gasteiger partial charge in [0.15, 0.2) is 15.7 Å². The number of aryl methyl sites for hydroxylation is 2. The molecule has 0 saturated carbocycles. The van der Waals surface area contributed by atoms with E-state index in [-0.39, 0.29) is 23.5 Å². The number of sulfone groups is 1. The number of carbonyl (C=O) groups excluding carboxylic acids is 1. The van der Waals surface area contributed by atoms with Crippen LogP contribution in [-0.4, -0.2) is 42.0 Å². The standard InChI is InChI=1S/C11H17N3O4S/c1-8-12-11(18-14-8)4-2-3-10(15)13-9-5-6-19(16,17)7-9/h9H,2-7H2,1H3,(H,13,15). The molecule has 1 saturated heterocycles. The molecule has 0 radical (unpaired) electrons. The average Bonchev–Trinajstić information content (AvgIpc) is 2.85. The third-order valence-corrected chi connectivity index (χ3v) is 4.73. The normalized spacial score (nSPS) is 21.4. The van der Waals surface area contributed by atoms with Gasteiger partial charge in [0.25, 0.3) is 0 Å². The molecule has 1 aliphatic heterocycles. The lowest BCUT2D eigenvalue weighted by molar-refractivity contribution is -0.121. The highest BCUT2D eigenvalue weighted by Crippen LogP contribution is 2.11. The molecule has 106 valence electrons. The molecule has 1 amide bonds. The molecular formula is C11H17N3O4S. The zero-order valence-electron chi connectivity index (χ0n) is 10.8. The Morgan fingerprint density at radius 1 is 1.53 bits per heavy atom. The van der Waals surface area contributed by atoms with Crippen LogP contribution in [0.4, 0.5) is 0 Å². The summed E-state index contributed by atoms with van der Waals surface area (Å²) < 4.78 is 27.4. The first kappa shape index (κ1) is 14.0. The molecule has 7 nitrogen and oxygen atoms in total. The van der Waals surface area contributed by atoms with E-state index in [1.165, 1.54) is 0 Å².